The maximum absolute atomic E-state index is 13.1. The second-order valence-corrected chi connectivity index (χ2v) is 8.97. The first kappa shape index (κ1) is 23.3. The molecule has 1 aliphatic rings. The van der Waals surface area contributed by atoms with Gasteiger partial charge in [-0.3, -0.25) is 14.4 Å². The number of benzene rings is 4. The average Bonchev–Trinajstić information content (AvgIpc) is 3.09. The molecule has 3 amide bonds. The number of anilines is 3. The number of nitrogens with zero attached hydrogens (tertiary/aromatic N) is 1. The molecule has 0 unspecified atom stereocenters. The Labute approximate surface area is 213 Å². The van der Waals surface area contributed by atoms with Crippen LogP contribution in [0.2, 0.25) is 0 Å². The quantitative estimate of drug-likeness (QED) is 0.326. The van der Waals surface area contributed by atoms with Gasteiger partial charge in [0.25, 0.3) is 17.7 Å². The number of amides is 3. The number of hydrogen-bond donors (Lipinski definition) is 2. The highest BCUT2D eigenvalue weighted by Gasteiger charge is 2.39. The van der Waals surface area contributed by atoms with E-state index >= 15 is 0 Å². The van der Waals surface area contributed by atoms with Gasteiger partial charge in [0.05, 0.1) is 5.69 Å². The Bertz CT molecular complexity index is 1590. The zero-order valence-electron chi connectivity index (χ0n) is 19.6. The Morgan fingerprint density at radius 2 is 1.56 bits per heavy atom. The summed E-state index contributed by atoms with van der Waals surface area (Å²) in [5, 5.41) is 7.64. The molecular weight excluding hydrogens is 474 g/mol. The summed E-state index contributed by atoms with van der Waals surface area (Å²) >= 11 is 6.28. The molecule has 4 aromatic rings. The number of carbonyl (C=O) groups is 3. The minimum Gasteiger partial charge on any atom is -0.350 e. The number of aryl methyl sites for hydroxylation is 2. The molecule has 1 aliphatic heterocycles. The van der Waals surface area contributed by atoms with Crippen LogP contribution >= 0.6 is 11.6 Å². The normalized spacial score (nSPS) is 13.5. The van der Waals surface area contributed by atoms with E-state index in [9.17, 15) is 14.4 Å². The molecule has 6 nitrogen and oxygen atoms in total. The number of halogens is 1. The van der Waals surface area contributed by atoms with E-state index in [1.165, 1.54) is 0 Å². The zero-order valence-corrected chi connectivity index (χ0v) is 20.4. The van der Waals surface area contributed by atoms with E-state index in [-0.39, 0.29) is 16.6 Å². The molecule has 1 heterocycles. The highest BCUT2D eigenvalue weighted by molar-refractivity contribution is 6.53. The van der Waals surface area contributed by atoms with Gasteiger partial charge in [-0.05, 0) is 66.8 Å². The zero-order chi connectivity index (χ0) is 25.4. The van der Waals surface area contributed by atoms with Gasteiger partial charge in [0.1, 0.15) is 10.7 Å². The summed E-state index contributed by atoms with van der Waals surface area (Å²) in [4.78, 5) is 40.0. The summed E-state index contributed by atoms with van der Waals surface area (Å²) in [6, 6.07) is 25.5. The highest BCUT2D eigenvalue weighted by atomic mass is 35.5. The van der Waals surface area contributed by atoms with Crippen molar-refractivity contribution < 1.29 is 14.4 Å². The summed E-state index contributed by atoms with van der Waals surface area (Å²) in [7, 11) is 0. The van der Waals surface area contributed by atoms with E-state index in [1.54, 1.807) is 36.4 Å². The van der Waals surface area contributed by atoms with E-state index in [1.807, 2.05) is 62.4 Å². The number of carbonyl (C=O) groups excluding carboxylic acids is 3. The van der Waals surface area contributed by atoms with Crippen molar-refractivity contribution in [3.63, 3.8) is 0 Å². The molecule has 0 saturated heterocycles. The van der Waals surface area contributed by atoms with Crippen molar-refractivity contribution in [2.24, 2.45) is 0 Å². The van der Waals surface area contributed by atoms with Crippen molar-refractivity contribution in [2.75, 3.05) is 15.5 Å². The fourth-order valence-corrected chi connectivity index (χ4v) is 4.33. The van der Waals surface area contributed by atoms with Gasteiger partial charge in [-0.2, -0.15) is 0 Å². The van der Waals surface area contributed by atoms with Crippen LogP contribution in [0.3, 0.4) is 0 Å². The molecule has 178 valence electrons. The third kappa shape index (κ3) is 4.23. The van der Waals surface area contributed by atoms with Crippen molar-refractivity contribution in [3.05, 3.63) is 112 Å². The lowest BCUT2D eigenvalue weighted by Gasteiger charge is -2.16. The SMILES string of the molecule is Cc1ccc(N2C(=O)C(Cl)=C(Nc3cccc(C(=O)Nc4cccc5ccccc45)c3)C2=O)cc1C. The third-order valence-electron chi connectivity index (χ3n) is 6.21. The van der Waals surface area contributed by atoms with Crippen LogP contribution in [-0.2, 0) is 9.59 Å². The molecule has 7 heteroatoms. The largest absolute Gasteiger partial charge is 0.350 e. The minimum absolute atomic E-state index is 0.0356. The molecule has 4 aromatic carbocycles. The maximum Gasteiger partial charge on any atom is 0.283 e. The number of hydrogen-bond acceptors (Lipinski definition) is 4. The number of nitrogens with one attached hydrogen (secondary N) is 2. The summed E-state index contributed by atoms with van der Waals surface area (Å²) in [6.45, 7) is 3.86. The second kappa shape index (κ2) is 9.32. The van der Waals surface area contributed by atoms with Gasteiger partial charge in [-0.1, -0.05) is 60.1 Å². The Hall–Kier alpha value is -4.42. The van der Waals surface area contributed by atoms with Crippen LogP contribution in [0.15, 0.2) is 95.7 Å². The number of fused-ring (bicyclic) bond motifs is 1. The van der Waals surface area contributed by atoms with Gasteiger partial charge in [0, 0.05) is 22.3 Å². The van der Waals surface area contributed by atoms with E-state index in [2.05, 4.69) is 10.6 Å². The van der Waals surface area contributed by atoms with Crippen LogP contribution in [0.1, 0.15) is 21.5 Å². The smallest absolute Gasteiger partial charge is 0.283 e. The lowest BCUT2D eigenvalue weighted by molar-refractivity contribution is -0.120. The number of imide groups is 1. The molecule has 36 heavy (non-hydrogen) atoms. The minimum atomic E-state index is -0.600. The Kier molecular flexibility index (Phi) is 6.04. The lowest BCUT2D eigenvalue weighted by atomic mass is 10.1. The highest BCUT2D eigenvalue weighted by Crippen LogP contribution is 2.31. The van der Waals surface area contributed by atoms with Crippen molar-refractivity contribution >= 4 is 57.2 Å². The summed E-state index contributed by atoms with van der Waals surface area (Å²) in [6.07, 6.45) is 0. The topological polar surface area (TPSA) is 78.5 Å². The standard InChI is InChI=1S/C29H22ClN3O3/c1-17-13-14-22(15-18(17)2)33-28(35)25(30)26(29(33)36)31-21-10-5-9-20(16-21)27(34)32-24-12-6-8-19-7-3-4-11-23(19)24/h3-16,31H,1-2H3,(H,32,34). The van der Waals surface area contributed by atoms with Crippen molar-refractivity contribution in [1.29, 1.82) is 0 Å². The predicted molar refractivity (Wildman–Crippen MR) is 143 cm³/mol. The van der Waals surface area contributed by atoms with E-state index < -0.39 is 11.8 Å². The molecular formula is C29H22ClN3O3. The first-order chi connectivity index (χ1) is 17.3. The number of rotatable bonds is 5. The van der Waals surface area contributed by atoms with Gasteiger partial charge in [0.2, 0.25) is 0 Å². The Morgan fingerprint density at radius 3 is 2.36 bits per heavy atom. The molecule has 0 atom stereocenters. The monoisotopic (exact) mass is 495 g/mol. The predicted octanol–water partition coefficient (Wildman–Crippen LogP) is 6.14. The molecule has 0 aliphatic carbocycles. The van der Waals surface area contributed by atoms with E-state index in [0.29, 0.717) is 22.6 Å². The van der Waals surface area contributed by atoms with Gasteiger partial charge >= 0.3 is 0 Å². The van der Waals surface area contributed by atoms with Crippen LogP contribution in [0.25, 0.3) is 10.8 Å². The molecule has 0 aromatic heterocycles. The molecule has 0 saturated carbocycles. The summed E-state index contributed by atoms with van der Waals surface area (Å²) in [5.41, 5.74) is 3.95. The van der Waals surface area contributed by atoms with Crippen LogP contribution in [0, 0.1) is 13.8 Å². The lowest BCUT2D eigenvalue weighted by Crippen LogP contribution is -2.32. The maximum atomic E-state index is 13.1. The van der Waals surface area contributed by atoms with Crippen LogP contribution in [-0.4, -0.2) is 17.7 Å². The fourth-order valence-electron chi connectivity index (χ4n) is 4.12. The van der Waals surface area contributed by atoms with E-state index in [4.69, 9.17) is 11.6 Å². The Balaban J connectivity index is 1.37. The van der Waals surface area contributed by atoms with Gasteiger partial charge in [-0.15, -0.1) is 0 Å². The van der Waals surface area contributed by atoms with Gasteiger partial charge < -0.3 is 10.6 Å². The van der Waals surface area contributed by atoms with Crippen molar-refractivity contribution in [3.8, 4) is 0 Å². The van der Waals surface area contributed by atoms with Gasteiger partial charge in [-0.25, -0.2) is 4.90 Å². The Morgan fingerprint density at radius 1 is 0.806 bits per heavy atom. The van der Waals surface area contributed by atoms with Crippen molar-refractivity contribution in [1.82, 2.24) is 0 Å². The molecule has 5 rings (SSSR count). The average molecular weight is 496 g/mol. The fraction of sp³-hybridized carbons (Fsp3) is 0.0690. The molecule has 0 spiro atoms. The van der Waals surface area contributed by atoms with Gasteiger partial charge in [0.15, 0.2) is 0 Å². The molecule has 0 bridgehead atoms. The molecule has 0 fully saturated rings. The summed E-state index contributed by atoms with van der Waals surface area (Å²) < 4.78 is 0. The second-order valence-electron chi connectivity index (χ2n) is 8.59. The van der Waals surface area contributed by atoms with Crippen LogP contribution in [0.4, 0.5) is 17.1 Å². The third-order valence-corrected chi connectivity index (χ3v) is 6.56. The molecule has 2 N–H and O–H groups in total. The first-order valence-corrected chi connectivity index (χ1v) is 11.7. The molecule has 0 radical (unpaired) electrons. The van der Waals surface area contributed by atoms with E-state index in [0.717, 1.165) is 26.8 Å². The summed E-state index contributed by atoms with van der Waals surface area (Å²) in [5.74, 6) is -1.46. The van der Waals surface area contributed by atoms with Crippen LogP contribution < -0.4 is 15.5 Å². The van der Waals surface area contributed by atoms with Crippen molar-refractivity contribution in [2.45, 2.75) is 13.8 Å². The van der Waals surface area contributed by atoms with Crippen LogP contribution in [0.5, 0.6) is 0 Å². The first-order valence-electron chi connectivity index (χ1n) is 11.4.